The van der Waals surface area contributed by atoms with E-state index in [4.69, 9.17) is 5.11 Å². The van der Waals surface area contributed by atoms with Crippen LogP contribution in [0.25, 0.3) is 5.82 Å². The fourth-order valence-electron chi connectivity index (χ4n) is 1.23. The van der Waals surface area contributed by atoms with E-state index in [0.29, 0.717) is 0 Å². The first-order valence-electron chi connectivity index (χ1n) is 4.80. The molecular weight excluding hydrogens is 240 g/mol. The average Bonchev–Trinajstić information content (AvgIpc) is 2.88. The summed E-state index contributed by atoms with van der Waals surface area (Å²) in [6.07, 6.45) is 5.05. The molecule has 0 fully saturated rings. The van der Waals surface area contributed by atoms with E-state index in [2.05, 4.69) is 19.8 Å². The molecule has 1 N–H and O–H groups in total. The zero-order chi connectivity index (χ0) is 13.1. The molecule has 0 aromatic carbocycles. The summed E-state index contributed by atoms with van der Waals surface area (Å²) in [5.41, 5.74) is 0.0302. The van der Waals surface area contributed by atoms with E-state index in [1.54, 1.807) is 0 Å². The SMILES string of the molecule is COC(=O)c1cncc(-n2cc(C(=O)O)cn2)n1. The highest BCUT2D eigenvalue weighted by Gasteiger charge is 2.11. The maximum absolute atomic E-state index is 11.3. The van der Waals surface area contributed by atoms with Crippen LogP contribution in [-0.4, -0.2) is 43.9 Å². The van der Waals surface area contributed by atoms with Crippen LogP contribution < -0.4 is 0 Å². The smallest absolute Gasteiger partial charge is 0.358 e. The van der Waals surface area contributed by atoms with Crippen LogP contribution in [0.1, 0.15) is 20.8 Å². The molecule has 0 radical (unpaired) electrons. The molecule has 2 rings (SSSR count). The maximum atomic E-state index is 11.3. The Labute approximate surface area is 101 Å². The third-order valence-corrected chi connectivity index (χ3v) is 2.08. The summed E-state index contributed by atoms with van der Waals surface area (Å²) in [4.78, 5) is 29.7. The fourth-order valence-corrected chi connectivity index (χ4v) is 1.23. The number of hydrogen-bond acceptors (Lipinski definition) is 6. The number of ether oxygens (including phenoxy) is 1. The Bertz CT molecular complexity index is 607. The van der Waals surface area contributed by atoms with Crippen molar-refractivity contribution in [3.05, 3.63) is 36.0 Å². The number of carbonyl (C=O) groups excluding carboxylic acids is 1. The van der Waals surface area contributed by atoms with Crippen molar-refractivity contribution in [2.24, 2.45) is 0 Å². The van der Waals surface area contributed by atoms with Gasteiger partial charge in [0.1, 0.15) is 0 Å². The molecule has 0 saturated heterocycles. The predicted molar refractivity (Wildman–Crippen MR) is 57.5 cm³/mol. The molecule has 0 saturated carbocycles. The fraction of sp³-hybridized carbons (Fsp3) is 0.100. The minimum absolute atomic E-state index is 0.0141. The summed E-state index contributed by atoms with van der Waals surface area (Å²) >= 11 is 0. The molecule has 18 heavy (non-hydrogen) atoms. The molecule has 92 valence electrons. The highest BCUT2D eigenvalue weighted by atomic mass is 16.5. The number of carboxylic acids is 1. The van der Waals surface area contributed by atoms with Gasteiger partial charge >= 0.3 is 11.9 Å². The number of esters is 1. The first kappa shape index (κ1) is 11.7. The molecule has 0 unspecified atom stereocenters. The van der Waals surface area contributed by atoms with Gasteiger partial charge in [0.2, 0.25) is 0 Å². The van der Waals surface area contributed by atoms with Crippen molar-refractivity contribution < 1.29 is 19.4 Å². The number of nitrogens with zero attached hydrogens (tertiary/aromatic N) is 4. The highest BCUT2D eigenvalue weighted by molar-refractivity contribution is 5.87. The average molecular weight is 248 g/mol. The van der Waals surface area contributed by atoms with E-state index in [1.807, 2.05) is 0 Å². The van der Waals surface area contributed by atoms with Gasteiger partial charge in [-0.25, -0.2) is 19.3 Å². The van der Waals surface area contributed by atoms with Crippen molar-refractivity contribution in [3.8, 4) is 5.82 Å². The molecular formula is C10H8N4O4. The van der Waals surface area contributed by atoms with Gasteiger partial charge in [-0.2, -0.15) is 5.10 Å². The zero-order valence-electron chi connectivity index (χ0n) is 9.27. The van der Waals surface area contributed by atoms with Gasteiger partial charge < -0.3 is 9.84 Å². The van der Waals surface area contributed by atoms with Gasteiger partial charge in [-0.15, -0.1) is 0 Å². The summed E-state index contributed by atoms with van der Waals surface area (Å²) in [7, 11) is 1.23. The summed E-state index contributed by atoms with van der Waals surface area (Å²) in [5.74, 6) is -1.50. The number of hydrogen-bond donors (Lipinski definition) is 1. The number of aromatic carboxylic acids is 1. The lowest BCUT2D eigenvalue weighted by Crippen LogP contribution is -2.08. The first-order valence-corrected chi connectivity index (χ1v) is 4.80. The van der Waals surface area contributed by atoms with Crippen molar-refractivity contribution in [1.29, 1.82) is 0 Å². The number of carboxylic acid groups (broad SMARTS) is 1. The molecule has 0 amide bonds. The van der Waals surface area contributed by atoms with Crippen LogP contribution in [0.2, 0.25) is 0 Å². The van der Waals surface area contributed by atoms with Crippen LogP contribution >= 0.6 is 0 Å². The van der Waals surface area contributed by atoms with Crippen molar-refractivity contribution >= 4 is 11.9 Å². The normalized spacial score (nSPS) is 10.1. The second-order valence-corrected chi connectivity index (χ2v) is 3.23. The minimum Gasteiger partial charge on any atom is -0.478 e. The van der Waals surface area contributed by atoms with Gasteiger partial charge in [-0.3, -0.25) is 4.98 Å². The van der Waals surface area contributed by atoms with Gasteiger partial charge in [0, 0.05) is 6.20 Å². The monoisotopic (exact) mass is 248 g/mol. The molecule has 2 heterocycles. The van der Waals surface area contributed by atoms with Crippen molar-refractivity contribution in [2.45, 2.75) is 0 Å². The number of aromatic nitrogens is 4. The maximum Gasteiger partial charge on any atom is 0.358 e. The highest BCUT2D eigenvalue weighted by Crippen LogP contribution is 2.06. The van der Waals surface area contributed by atoms with E-state index in [9.17, 15) is 9.59 Å². The van der Waals surface area contributed by atoms with Crippen molar-refractivity contribution in [3.63, 3.8) is 0 Å². The van der Waals surface area contributed by atoms with Crippen LogP contribution in [0.4, 0.5) is 0 Å². The summed E-state index contributed by atoms with van der Waals surface area (Å²) in [6, 6.07) is 0. The van der Waals surface area contributed by atoms with Gasteiger partial charge in [0.15, 0.2) is 11.5 Å². The first-order chi connectivity index (χ1) is 8.61. The topological polar surface area (TPSA) is 107 Å². The Kier molecular flexibility index (Phi) is 3.00. The van der Waals surface area contributed by atoms with Crippen LogP contribution in [0, 0.1) is 0 Å². The third kappa shape index (κ3) is 2.17. The van der Waals surface area contributed by atoms with E-state index in [0.717, 1.165) is 0 Å². The molecule has 0 aliphatic rings. The number of rotatable bonds is 3. The van der Waals surface area contributed by atoms with Crippen molar-refractivity contribution in [2.75, 3.05) is 7.11 Å². The van der Waals surface area contributed by atoms with E-state index in [1.165, 1.54) is 36.6 Å². The summed E-state index contributed by atoms with van der Waals surface area (Å²) < 4.78 is 5.72. The van der Waals surface area contributed by atoms with E-state index in [-0.39, 0.29) is 17.1 Å². The van der Waals surface area contributed by atoms with E-state index >= 15 is 0 Å². The Balaban J connectivity index is 2.38. The predicted octanol–water partition coefficient (Wildman–Crippen LogP) is 0.147. The Morgan fingerprint density at radius 3 is 2.72 bits per heavy atom. The Hall–Kier alpha value is -2.77. The lowest BCUT2D eigenvalue weighted by molar-refractivity contribution is 0.0592. The largest absolute Gasteiger partial charge is 0.478 e. The molecule has 0 aliphatic carbocycles. The Morgan fingerprint density at radius 1 is 1.33 bits per heavy atom. The second-order valence-electron chi connectivity index (χ2n) is 3.23. The number of carbonyl (C=O) groups is 2. The van der Waals surface area contributed by atoms with Gasteiger partial charge in [0.05, 0.1) is 31.3 Å². The van der Waals surface area contributed by atoms with Crippen LogP contribution in [-0.2, 0) is 4.74 Å². The molecule has 2 aromatic rings. The standard InChI is InChI=1S/C10H8N4O4/c1-18-10(17)7-3-11-4-8(13-7)14-5-6(2-12-14)9(15)16/h2-5H,1H3,(H,15,16). The summed E-state index contributed by atoms with van der Waals surface area (Å²) in [6.45, 7) is 0. The van der Waals surface area contributed by atoms with Gasteiger partial charge in [-0.05, 0) is 0 Å². The van der Waals surface area contributed by atoms with Crippen LogP contribution in [0.15, 0.2) is 24.8 Å². The molecule has 0 bridgehead atoms. The van der Waals surface area contributed by atoms with Crippen LogP contribution in [0.5, 0.6) is 0 Å². The third-order valence-electron chi connectivity index (χ3n) is 2.08. The van der Waals surface area contributed by atoms with Gasteiger partial charge in [0.25, 0.3) is 0 Å². The molecule has 8 nitrogen and oxygen atoms in total. The molecule has 0 atom stereocenters. The van der Waals surface area contributed by atoms with Crippen molar-refractivity contribution in [1.82, 2.24) is 19.7 Å². The Morgan fingerprint density at radius 2 is 2.11 bits per heavy atom. The van der Waals surface area contributed by atoms with Gasteiger partial charge in [-0.1, -0.05) is 0 Å². The lowest BCUT2D eigenvalue weighted by atomic mass is 10.4. The molecule has 2 aromatic heterocycles. The second kappa shape index (κ2) is 4.62. The molecule has 0 spiro atoms. The molecule has 0 aliphatic heterocycles. The van der Waals surface area contributed by atoms with Crippen LogP contribution in [0.3, 0.4) is 0 Å². The lowest BCUT2D eigenvalue weighted by Gasteiger charge is -2.01. The quantitative estimate of drug-likeness (QED) is 0.770. The van der Waals surface area contributed by atoms with E-state index < -0.39 is 11.9 Å². The molecule has 8 heteroatoms. The minimum atomic E-state index is -1.10. The summed E-state index contributed by atoms with van der Waals surface area (Å²) in [5, 5.41) is 12.6. The number of methoxy groups -OCH3 is 1. The zero-order valence-corrected chi connectivity index (χ0v) is 9.27.